The molecule has 3 rings (SSSR count). The van der Waals surface area contributed by atoms with Gasteiger partial charge in [0.2, 0.25) is 6.34 Å². The lowest BCUT2D eigenvalue weighted by Crippen LogP contribution is -2.33. The Bertz CT molecular complexity index is 662. The number of hydrogen-bond donors (Lipinski definition) is 0. The van der Waals surface area contributed by atoms with Gasteiger partial charge in [0.25, 0.3) is 0 Å². The summed E-state index contributed by atoms with van der Waals surface area (Å²) < 4.78 is 12.7. The molecule has 1 aliphatic rings. The Kier molecular flexibility index (Phi) is 4.18. The summed E-state index contributed by atoms with van der Waals surface area (Å²) in [7, 11) is 3.47. The first-order chi connectivity index (χ1) is 10.3. The van der Waals surface area contributed by atoms with Crippen molar-refractivity contribution in [2.45, 2.75) is 0 Å². The molecule has 4 heteroatoms. The van der Waals surface area contributed by atoms with Gasteiger partial charge in [0.15, 0.2) is 0 Å². The standard InChI is InChI=1S/C17H21N2O2/c1-20-11-9-18-13-19(10-12-21-2)16-8-4-6-14-5-3-7-15(18)17(14)16/h3-8,13H,9-12H2,1-2H3/q+1. The Morgan fingerprint density at radius 3 is 2.52 bits per heavy atom. The monoisotopic (exact) mass is 285 g/mol. The molecule has 0 saturated carbocycles. The van der Waals surface area contributed by atoms with Crippen LogP contribution in [0.5, 0.6) is 0 Å². The summed E-state index contributed by atoms with van der Waals surface area (Å²) in [6, 6.07) is 12.9. The van der Waals surface area contributed by atoms with Gasteiger partial charge in [0, 0.05) is 14.2 Å². The lowest BCUT2D eigenvalue weighted by atomic mass is 10.0. The van der Waals surface area contributed by atoms with Gasteiger partial charge in [0.05, 0.1) is 18.6 Å². The lowest BCUT2D eigenvalue weighted by Gasteiger charge is -2.23. The van der Waals surface area contributed by atoms with Crippen LogP contribution in [0.15, 0.2) is 36.4 Å². The Morgan fingerprint density at radius 2 is 1.76 bits per heavy atom. The predicted octanol–water partition coefficient (Wildman–Crippen LogP) is 2.62. The fraction of sp³-hybridized carbons (Fsp3) is 0.353. The minimum atomic E-state index is 0.702. The number of ether oxygens (including phenoxy) is 2. The van der Waals surface area contributed by atoms with E-state index in [2.05, 4.69) is 52.2 Å². The van der Waals surface area contributed by atoms with E-state index in [-0.39, 0.29) is 0 Å². The molecule has 0 aliphatic carbocycles. The summed E-state index contributed by atoms with van der Waals surface area (Å²) in [6.45, 7) is 3.08. The van der Waals surface area contributed by atoms with E-state index in [9.17, 15) is 0 Å². The maximum Gasteiger partial charge on any atom is 0.244 e. The van der Waals surface area contributed by atoms with Crippen LogP contribution in [0.3, 0.4) is 0 Å². The highest BCUT2D eigenvalue weighted by Gasteiger charge is 2.25. The molecule has 0 amide bonds. The first-order valence-corrected chi connectivity index (χ1v) is 7.23. The zero-order chi connectivity index (χ0) is 14.7. The van der Waals surface area contributed by atoms with Crippen LogP contribution in [0.1, 0.15) is 0 Å². The SMILES string of the molecule is COCCN1C=[N+](CCOC)c2cccc3cccc1c23. The minimum absolute atomic E-state index is 0.702. The maximum absolute atomic E-state index is 5.24. The second-order valence-electron chi connectivity index (χ2n) is 5.14. The second kappa shape index (κ2) is 6.24. The van der Waals surface area contributed by atoms with Crippen molar-refractivity contribution in [2.24, 2.45) is 0 Å². The van der Waals surface area contributed by atoms with E-state index in [1.807, 2.05) is 0 Å². The van der Waals surface area contributed by atoms with Crippen molar-refractivity contribution in [1.29, 1.82) is 0 Å². The van der Waals surface area contributed by atoms with Crippen LogP contribution in [0.25, 0.3) is 10.8 Å². The molecule has 1 heterocycles. The third-order valence-corrected chi connectivity index (χ3v) is 3.83. The smallest absolute Gasteiger partial charge is 0.244 e. The molecular formula is C17H21N2O2+. The Balaban J connectivity index is 2.09. The molecule has 2 aromatic rings. The Hall–Kier alpha value is -1.91. The summed E-state index contributed by atoms with van der Waals surface area (Å²) in [5.41, 5.74) is 2.49. The topological polar surface area (TPSA) is 24.7 Å². The average molecular weight is 285 g/mol. The van der Waals surface area contributed by atoms with Crippen molar-refractivity contribution in [3.63, 3.8) is 0 Å². The van der Waals surface area contributed by atoms with E-state index < -0.39 is 0 Å². The van der Waals surface area contributed by atoms with Gasteiger partial charge < -0.3 is 9.47 Å². The number of hydrogen-bond acceptors (Lipinski definition) is 3. The fourth-order valence-electron chi connectivity index (χ4n) is 2.81. The van der Waals surface area contributed by atoms with Crippen LogP contribution in [-0.2, 0) is 9.47 Å². The van der Waals surface area contributed by atoms with Crippen molar-refractivity contribution in [3.05, 3.63) is 36.4 Å². The first kappa shape index (κ1) is 14.0. The summed E-state index contributed by atoms with van der Waals surface area (Å²) in [4.78, 5) is 2.26. The molecule has 0 unspecified atom stereocenters. The molecule has 0 radical (unpaired) electrons. The second-order valence-corrected chi connectivity index (χ2v) is 5.14. The zero-order valence-electron chi connectivity index (χ0n) is 12.6. The molecule has 0 bridgehead atoms. The number of rotatable bonds is 6. The number of methoxy groups -OCH3 is 2. The van der Waals surface area contributed by atoms with Crippen molar-refractivity contribution in [1.82, 2.24) is 0 Å². The third kappa shape index (κ3) is 2.64. The van der Waals surface area contributed by atoms with Crippen LogP contribution >= 0.6 is 0 Å². The molecule has 0 N–H and O–H groups in total. The molecular weight excluding hydrogens is 264 g/mol. The molecule has 110 valence electrons. The molecule has 2 aromatic carbocycles. The minimum Gasteiger partial charge on any atom is -0.381 e. The van der Waals surface area contributed by atoms with Gasteiger partial charge in [-0.1, -0.05) is 24.3 Å². The molecule has 21 heavy (non-hydrogen) atoms. The van der Waals surface area contributed by atoms with E-state index >= 15 is 0 Å². The fourth-order valence-corrected chi connectivity index (χ4v) is 2.81. The van der Waals surface area contributed by atoms with Crippen LogP contribution in [0, 0.1) is 0 Å². The van der Waals surface area contributed by atoms with Gasteiger partial charge in [-0.2, -0.15) is 0 Å². The van der Waals surface area contributed by atoms with E-state index in [0.29, 0.717) is 13.2 Å². The summed E-state index contributed by atoms with van der Waals surface area (Å²) in [5.74, 6) is 0. The van der Waals surface area contributed by atoms with Crippen LogP contribution in [0.4, 0.5) is 11.4 Å². The van der Waals surface area contributed by atoms with Gasteiger partial charge in [-0.25, -0.2) is 9.48 Å². The van der Waals surface area contributed by atoms with Crippen molar-refractivity contribution < 1.29 is 14.0 Å². The normalized spacial score (nSPS) is 13.6. The van der Waals surface area contributed by atoms with E-state index in [1.54, 1.807) is 14.2 Å². The van der Waals surface area contributed by atoms with Crippen molar-refractivity contribution >= 4 is 28.5 Å². The van der Waals surface area contributed by atoms with Crippen molar-refractivity contribution in [2.75, 3.05) is 45.4 Å². The van der Waals surface area contributed by atoms with Crippen LogP contribution < -0.4 is 4.90 Å². The maximum atomic E-state index is 5.24. The first-order valence-electron chi connectivity index (χ1n) is 7.23. The summed E-state index contributed by atoms with van der Waals surface area (Å²) in [5, 5.41) is 2.57. The highest BCUT2D eigenvalue weighted by Crippen LogP contribution is 2.36. The van der Waals surface area contributed by atoms with Crippen LogP contribution in [-0.4, -0.2) is 51.4 Å². The highest BCUT2D eigenvalue weighted by molar-refractivity contribution is 6.06. The number of benzene rings is 2. The predicted molar refractivity (Wildman–Crippen MR) is 85.9 cm³/mol. The number of anilines is 1. The Labute approximate surface area is 125 Å². The molecule has 0 fully saturated rings. The zero-order valence-corrected chi connectivity index (χ0v) is 12.6. The van der Waals surface area contributed by atoms with Gasteiger partial charge in [-0.15, -0.1) is 0 Å². The van der Waals surface area contributed by atoms with Gasteiger partial charge in [-0.3, -0.25) is 0 Å². The largest absolute Gasteiger partial charge is 0.381 e. The summed E-state index contributed by atoms with van der Waals surface area (Å²) in [6.07, 6.45) is 2.16. The lowest BCUT2D eigenvalue weighted by molar-refractivity contribution is -0.439. The Morgan fingerprint density at radius 1 is 1.00 bits per heavy atom. The number of nitrogens with zero attached hydrogens (tertiary/aromatic N) is 2. The molecule has 0 atom stereocenters. The summed E-state index contributed by atoms with van der Waals surface area (Å²) >= 11 is 0. The molecule has 0 aromatic heterocycles. The third-order valence-electron chi connectivity index (χ3n) is 3.83. The molecule has 0 spiro atoms. The van der Waals surface area contributed by atoms with Crippen LogP contribution in [0.2, 0.25) is 0 Å². The molecule has 4 nitrogen and oxygen atoms in total. The molecule has 1 aliphatic heterocycles. The molecule has 0 saturated heterocycles. The van der Waals surface area contributed by atoms with Gasteiger partial charge in [0.1, 0.15) is 24.5 Å². The highest BCUT2D eigenvalue weighted by atomic mass is 16.5. The van der Waals surface area contributed by atoms with Crippen molar-refractivity contribution in [3.8, 4) is 0 Å². The quantitative estimate of drug-likeness (QED) is 0.763. The van der Waals surface area contributed by atoms with E-state index in [4.69, 9.17) is 9.47 Å². The average Bonchev–Trinajstić information content (AvgIpc) is 2.53. The van der Waals surface area contributed by atoms with E-state index in [1.165, 1.54) is 22.1 Å². The van der Waals surface area contributed by atoms with Gasteiger partial charge >= 0.3 is 0 Å². The van der Waals surface area contributed by atoms with E-state index in [0.717, 1.165) is 13.1 Å². The van der Waals surface area contributed by atoms with Gasteiger partial charge in [-0.05, 0) is 17.5 Å².